The summed E-state index contributed by atoms with van der Waals surface area (Å²) in [6.07, 6.45) is 5.56. The van der Waals surface area contributed by atoms with Gasteiger partial charge in [-0.15, -0.1) is 0 Å². The van der Waals surface area contributed by atoms with Gasteiger partial charge < -0.3 is 11.1 Å². The first-order valence-corrected chi connectivity index (χ1v) is 6.35. The number of nitrogen functional groups attached to an aromatic ring is 1. The molecule has 0 radical (unpaired) electrons. The maximum Gasteiger partial charge on any atom is 0.224 e. The van der Waals surface area contributed by atoms with Crippen molar-refractivity contribution in [2.45, 2.75) is 32.1 Å². The zero-order valence-corrected chi connectivity index (χ0v) is 10.1. The van der Waals surface area contributed by atoms with Crippen LogP contribution in [0.4, 0.5) is 5.69 Å². The van der Waals surface area contributed by atoms with E-state index in [1.165, 1.54) is 19.3 Å². The molecule has 0 bridgehead atoms. The molecule has 1 aliphatic rings. The maximum absolute atomic E-state index is 11.6. The predicted molar refractivity (Wildman–Crippen MR) is 69.5 cm³/mol. The van der Waals surface area contributed by atoms with Gasteiger partial charge in [-0.1, -0.05) is 25.0 Å². The van der Waals surface area contributed by atoms with Crippen LogP contribution in [0.25, 0.3) is 0 Å². The van der Waals surface area contributed by atoms with Crippen LogP contribution in [0.5, 0.6) is 0 Å². The number of carbonyl (C=O) groups is 1. The van der Waals surface area contributed by atoms with Gasteiger partial charge in [0, 0.05) is 12.2 Å². The quantitative estimate of drug-likeness (QED) is 0.583. The summed E-state index contributed by atoms with van der Waals surface area (Å²) in [7, 11) is 0. The molecular weight excluding hydrogens is 212 g/mol. The van der Waals surface area contributed by atoms with Crippen molar-refractivity contribution in [1.82, 2.24) is 5.32 Å². The van der Waals surface area contributed by atoms with Crippen LogP contribution in [-0.4, -0.2) is 12.5 Å². The van der Waals surface area contributed by atoms with Crippen molar-refractivity contribution in [1.29, 1.82) is 0 Å². The smallest absolute Gasteiger partial charge is 0.224 e. The first kappa shape index (κ1) is 12.0. The lowest BCUT2D eigenvalue weighted by molar-refractivity contribution is -0.120. The van der Waals surface area contributed by atoms with Crippen LogP contribution in [0.2, 0.25) is 0 Å². The molecule has 0 aliphatic heterocycles. The van der Waals surface area contributed by atoms with Crippen LogP contribution < -0.4 is 11.1 Å². The summed E-state index contributed by atoms with van der Waals surface area (Å²) in [4.78, 5) is 11.6. The van der Waals surface area contributed by atoms with E-state index >= 15 is 0 Å². The first-order chi connectivity index (χ1) is 8.24. The Morgan fingerprint density at radius 2 is 2.24 bits per heavy atom. The third kappa shape index (κ3) is 4.47. The lowest BCUT2D eigenvalue weighted by atomic mass is 10.1. The molecule has 0 spiro atoms. The van der Waals surface area contributed by atoms with Gasteiger partial charge >= 0.3 is 0 Å². The summed E-state index contributed by atoms with van der Waals surface area (Å²) in [6, 6.07) is 7.49. The number of nitrogens with two attached hydrogens (primary N) is 1. The summed E-state index contributed by atoms with van der Waals surface area (Å²) in [5, 5.41) is 2.95. The second kappa shape index (κ2) is 5.71. The van der Waals surface area contributed by atoms with Crippen molar-refractivity contribution in [3.05, 3.63) is 29.8 Å². The molecule has 3 nitrogen and oxygen atoms in total. The number of benzene rings is 1. The molecule has 0 unspecified atom stereocenters. The van der Waals surface area contributed by atoms with Crippen molar-refractivity contribution in [2.75, 3.05) is 12.3 Å². The van der Waals surface area contributed by atoms with Crippen LogP contribution >= 0.6 is 0 Å². The van der Waals surface area contributed by atoms with Crippen LogP contribution in [0, 0.1) is 5.92 Å². The van der Waals surface area contributed by atoms with E-state index in [1.807, 2.05) is 24.3 Å². The molecule has 1 aliphatic carbocycles. The lowest BCUT2D eigenvalue weighted by Crippen LogP contribution is -2.26. The average molecular weight is 232 g/mol. The van der Waals surface area contributed by atoms with Crippen molar-refractivity contribution in [3.63, 3.8) is 0 Å². The number of rotatable bonds is 6. The molecule has 2 rings (SSSR count). The summed E-state index contributed by atoms with van der Waals surface area (Å²) in [5.41, 5.74) is 7.35. The molecule has 1 saturated carbocycles. The Bertz CT molecular complexity index is 386. The van der Waals surface area contributed by atoms with Crippen molar-refractivity contribution in [2.24, 2.45) is 5.92 Å². The van der Waals surface area contributed by atoms with Gasteiger partial charge in [0.05, 0.1) is 6.42 Å². The molecule has 0 aromatic heterocycles. The highest BCUT2D eigenvalue weighted by molar-refractivity contribution is 5.78. The number of carbonyl (C=O) groups excluding carboxylic acids is 1. The van der Waals surface area contributed by atoms with E-state index in [2.05, 4.69) is 5.32 Å². The molecule has 1 amide bonds. The van der Waals surface area contributed by atoms with Gasteiger partial charge in [0.1, 0.15) is 0 Å². The minimum atomic E-state index is 0.0893. The molecular formula is C14H20N2O. The van der Waals surface area contributed by atoms with E-state index in [1.54, 1.807) is 0 Å². The molecule has 1 aromatic carbocycles. The Labute approximate surface area is 102 Å². The third-order valence-corrected chi connectivity index (χ3v) is 3.12. The largest absolute Gasteiger partial charge is 0.399 e. The molecule has 3 heteroatoms. The Morgan fingerprint density at radius 3 is 2.94 bits per heavy atom. The summed E-state index contributed by atoms with van der Waals surface area (Å²) >= 11 is 0. The van der Waals surface area contributed by atoms with Crippen LogP contribution in [0.3, 0.4) is 0 Å². The Balaban J connectivity index is 1.65. The number of nitrogens with one attached hydrogen (secondary N) is 1. The second-order valence-electron chi connectivity index (χ2n) is 4.86. The van der Waals surface area contributed by atoms with Gasteiger partial charge in [-0.2, -0.15) is 0 Å². The van der Waals surface area contributed by atoms with Crippen LogP contribution in [0.1, 0.15) is 31.2 Å². The lowest BCUT2D eigenvalue weighted by Gasteiger charge is -2.05. The fraction of sp³-hybridized carbons (Fsp3) is 0.500. The van der Waals surface area contributed by atoms with E-state index in [4.69, 9.17) is 5.73 Å². The van der Waals surface area contributed by atoms with E-state index in [9.17, 15) is 4.79 Å². The highest BCUT2D eigenvalue weighted by Gasteiger charge is 2.20. The molecule has 0 atom stereocenters. The third-order valence-electron chi connectivity index (χ3n) is 3.12. The fourth-order valence-corrected chi connectivity index (χ4v) is 1.98. The highest BCUT2D eigenvalue weighted by Crippen LogP contribution is 2.33. The van der Waals surface area contributed by atoms with E-state index in [0.29, 0.717) is 12.1 Å². The van der Waals surface area contributed by atoms with Gasteiger partial charge in [-0.3, -0.25) is 4.79 Å². The molecule has 0 saturated heterocycles. The minimum absolute atomic E-state index is 0.0893. The standard InChI is InChI=1S/C14H20N2O/c15-13-5-1-3-12(9-13)10-14(17)16-8-2-4-11-6-7-11/h1,3,5,9,11H,2,4,6-8,10,15H2,(H,16,17). The molecule has 1 fully saturated rings. The topological polar surface area (TPSA) is 55.1 Å². The molecule has 3 N–H and O–H groups in total. The van der Waals surface area contributed by atoms with Gasteiger partial charge in [0.2, 0.25) is 5.91 Å². The first-order valence-electron chi connectivity index (χ1n) is 6.35. The average Bonchev–Trinajstić information content (AvgIpc) is 3.08. The van der Waals surface area contributed by atoms with Crippen molar-refractivity contribution >= 4 is 11.6 Å². The SMILES string of the molecule is Nc1cccc(CC(=O)NCCCC2CC2)c1. The Hall–Kier alpha value is -1.51. The Morgan fingerprint density at radius 1 is 1.41 bits per heavy atom. The zero-order chi connectivity index (χ0) is 12.1. The molecule has 92 valence electrons. The van der Waals surface area contributed by atoms with E-state index in [0.717, 1.165) is 24.4 Å². The maximum atomic E-state index is 11.6. The van der Waals surface area contributed by atoms with Gasteiger partial charge in [-0.25, -0.2) is 0 Å². The minimum Gasteiger partial charge on any atom is -0.399 e. The summed E-state index contributed by atoms with van der Waals surface area (Å²) in [5.74, 6) is 1.03. The number of hydrogen-bond donors (Lipinski definition) is 2. The molecule has 17 heavy (non-hydrogen) atoms. The predicted octanol–water partition coefficient (Wildman–Crippen LogP) is 2.12. The fourth-order valence-electron chi connectivity index (χ4n) is 1.98. The number of amides is 1. The summed E-state index contributed by atoms with van der Waals surface area (Å²) in [6.45, 7) is 0.803. The Kier molecular flexibility index (Phi) is 4.02. The number of anilines is 1. The second-order valence-corrected chi connectivity index (χ2v) is 4.86. The monoisotopic (exact) mass is 232 g/mol. The summed E-state index contributed by atoms with van der Waals surface area (Å²) < 4.78 is 0. The van der Waals surface area contributed by atoms with E-state index < -0.39 is 0 Å². The zero-order valence-electron chi connectivity index (χ0n) is 10.1. The highest BCUT2D eigenvalue weighted by atomic mass is 16.1. The van der Waals surface area contributed by atoms with Crippen LogP contribution in [0.15, 0.2) is 24.3 Å². The van der Waals surface area contributed by atoms with Gasteiger partial charge in [0.15, 0.2) is 0 Å². The van der Waals surface area contributed by atoms with Crippen molar-refractivity contribution < 1.29 is 4.79 Å². The van der Waals surface area contributed by atoms with E-state index in [-0.39, 0.29) is 5.91 Å². The molecule has 1 aromatic rings. The van der Waals surface area contributed by atoms with Crippen LogP contribution in [-0.2, 0) is 11.2 Å². The number of hydrogen-bond acceptors (Lipinski definition) is 2. The van der Waals surface area contributed by atoms with Crippen molar-refractivity contribution in [3.8, 4) is 0 Å². The normalized spacial score (nSPS) is 14.6. The molecule has 0 heterocycles. The van der Waals surface area contributed by atoms with Gasteiger partial charge in [0.25, 0.3) is 0 Å². The van der Waals surface area contributed by atoms with Gasteiger partial charge in [-0.05, 0) is 36.5 Å².